The van der Waals surface area contributed by atoms with Crippen LogP contribution in [0.2, 0.25) is 0 Å². The van der Waals surface area contributed by atoms with E-state index in [0.717, 1.165) is 32.4 Å². The molecule has 7 atom stereocenters. The van der Waals surface area contributed by atoms with Gasteiger partial charge in [-0.3, -0.25) is 4.79 Å². The molecular formula is C15H22N2O2. The first-order valence-corrected chi connectivity index (χ1v) is 7.54. The minimum Gasteiger partial charge on any atom is -0.393 e. The zero-order valence-electron chi connectivity index (χ0n) is 11.1. The van der Waals surface area contributed by atoms with Gasteiger partial charge in [-0.15, -0.1) is 0 Å². The summed E-state index contributed by atoms with van der Waals surface area (Å²) in [5.74, 6) is 2.11. The zero-order valence-corrected chi connectivity index (χ0v) is 11.1. The fourth-order valence-electron chi connectivity index (χ4n) is 4.87. The van der Waals surface area contributed by atoms with E-state index in [-0.39, 0.29) is 24.0 Å². The number of likely N-dealkylation sites (tertiary alicyclic amines) is 1. The second-order valence-electron chi connectivity index (χ2n) is 6.94. The third-order valence-electron chi connectivity index (χ3n) is 5.84. The van der Waals surface area contributed by atoms with Gasteiger partial charge in [-0.2, -0.15) is 0 Å². The third kappa shape index (κ3) is 1.69. The van der Waals surface area contributed by atoms with Crippen molar-refractivity contribution in [2.24, 2.45) is 35.3 Å². The molecule has 0 aromatic carbocycles. The minimum atomic E-state index is -0.139. The predicted octanol–water partition coefficient (Wildman–Crippen LogP) is 0.365. The van der Waals surface area contributed by atoms with Crippen LogP contribution < -0.4 is 5.73 Å². The van der Waals surface area contributed by atoms with Crippen LogP contribution in [0.15, 0.2) is 12.2 Å². The maximum Gasteiger partial charge on any atom is 0.227 e. The molecule has 4 nitrogen and oxygen atoms in total. The number of nitrogens with zero attached hydrogens (tertiary/aromatic N) is 1. The number of hydrogen-bond donors (Lipinski definition) is 2. The van der Waals surface area contributed by atoms with E-state index in [4.69, 9.17) is 5.73 Å². The molecule has 3 fully saturated rings. The Kier molecular flexibility index (Phi) is 2.55. The molecule has 2 saturated carbocycles. The van der Waals surface area contributed by atoms with Gasteiger partial charge in [0.15, 0.2) is 0 Å². The number of hydrogen-bond acceptors (Lipinski definition) is 3. The summed E-state index contributed by atoms with van der Waals surface area (Å²) >= 11 is 0. The van der Waals surface area contributed by atoms with Crippen LogP contribution in [0.5, 0.6) is 0 Å². The van der Waals surface area contributed by atoms with Gasteiger partial charge >= 0.3 is 0 Å². The number of carbonyl (C=O) groups excluding carboxylic acids is 1. The Morgan fingerprint density at radius 3 is 2.32 bits per heavy atom. The smallest absolute Gasteiger partial charge is 0.227 e. The molecule has 4 aliphatic rings. The van der Waals surface area contributed by atoms with E-state index < -0.39 is 0 Å². The summed E-state index contributed by atoms with van der Waals surface area (Å²) in [5, 5.41) is 9.67. The van der Waals surface area contributed by atoms with Crippen LogP contribution in [0, 0.1) is 29.6 Å². The molecule has 0 aromatic heterocycles. The summed E-state index contributed by atoms with van der Waals surface area (Å²) in [6.07, 6.45) is 7.05. The Morgan fingerprint density at radius 2 is 1.74 bits per heavy atom. The van der Waals surface area contributed by atoms with Crippen molar-refractivity contribution in [3.8, 4) is 0 Å². The summed E-state index contributed by atoms with van der Waals surface area (Å²) in [7, 11) is 0. The molecule has 4 rings (SSSR count). The molecule has 1 unspecified atom stereocenters. The van der Waals surface area contributed by atoms with Crippen molar-refractivity contribution in [1.29, 1.82) is 0 Å². The second kappa shape index (κ2) is 4.06. The molecule has 0 radical (unpaired) electrons. The molecule has 0 aromatic rings. The van der Waals surface area contributed by atoms with Crippen LogP contribution in [0.25, 0.3) is 0 Å². The van der Waals surface area contributed by atoms with Crippen LogP contribution in [0.3, 0.4) is 0 Å². The second-order valence-corrected chi connectivity index (χ2v) is 6.94. The van der Waals surface area contributed by atoms with E-state index in [9.17, 15) is 9.90 Å². The Morgan fingerprint density at radius 1 is 1.11 bits per heavy atom. The lowest BCUT2D eigenvalue weighted by Gasteiger charge is -2.29. The quantitative estimate of drug-likeness (QED) is 0.671. The number of carbonyl (C=O) groups is 1. The lowest BCUT2D eigenvalue weighted by molar-refractivity contribution is -0.136. The highest BCUT2D eigenvalue weighted by Crippen LogP contribution is 2.45. The molecule has 4 heteroatoms. The average Bonchev–Trinajstić information content (AvgIpc) is 3.06. The number of aliphatic hydroxyl groups excluding tert-OH is 1. The van der Waals surface area contributed by atoms with Crippen molar-refractivity contribution in [3.05, 3.63) is 12.2 Å². The largest absolute Gasteiger partial charge is 0.393 e. The van der Waals surface area contributed by atoms with Gasteiger partial charge in [0.25, 0.3) is 0 Å². The number of amides is 1. The predicted molar refractivity (Wildman–Crippen MR) is 71.0 cm³/mol. The van der Waals surface area contributed by atoms with Gasteiger partial charge in [-0.25, -0.2) is 0 Å². The van der Waals surface area contributed by atoms with Gasteiger partial charge < -0.3 is 15.7 Å². The van der Waals surface area contributed by atoms with Crippen LogP contribution in [0.1, 0.15) is 19.3 Å². The Hall–Kier alpha value is -0.870. The fourth-order valence-corrected chi connectivity index (χ4v) is 4.87. The number of allylic oxidation sites excluding steroid dienone is 1. The zero-order chi connectivity index (χ0) is 13.1. The minimum absolute atomic E-state index is 0.0127. The topological polar surface area (TPSA) is 66.6 Å². The summed E-state index contributed by atoms with van der Waals surface area (Å²) in [5.41, 5.74) is 6.23. The first-order chi connectivity index (χ1) is 9.13. The number of fused-ring (bicyclic) bond motifs is 3. The first kappa shape index (κ1) is 11.9. The van der Waals surface area contributed by atoms with E-state index in [1.165, 1.54) is 0 Å². The molecule has 1 aliphatic heterocycles. The molecular weight excluding hydrogens is 240 g/mol. The molecule has 1 saturated heterocycles. The van der Waals surface area contributed by atoms with Crippen molar-refractivity contribution in [2.75, 3.05) is 13.1 Å². The highest BCUT2D eigenvalue weighted by Gasteiger charge is 2.50. The summed E-state index contributed by atoms with van der Waals surface area (Å²) in [6, 6.07) is 0.0218. The molecule has 104 valence electrons. The van der Waals surface area contributed by atoms with Gasteiger partial charge in [0, 0.05) is 19.1 Å². The lowest BCUT2D eigenvalue weighted by Crippen LogP contribution is -2.45. The highest BCUT2D eigenvalue weighted by atomic mass is 16.3. The molecule has 1 amide bonds. The van der Waals surface area contributed by atoms with Crippen molar-refractivity contribution >= 4 is 5.91 Å². The van der Waals surface area contributed by atoms with E-state index in [0.29, 0.717) is 23.7 Å². The fraction of sp³-hybridized carbons (Fsp3) is 0.800. The van der Waals surface area contributed by atoms with Gasteiger partial charge in [-0.1, -0.05) is 12.2 Å². The molecule has 3 N–H and O–H groups in total. The van der Waals surface area contributed by atoms with Crippen molar-refractivity contribution in [3.63, 3.8) is 0 Å². The van der Waals surface area contributed by atoms with Crippen LogP contribution >= 0.6 is 0 Å². The maximum absolute atomic E-state index is 12.7. The lowest BCUT2D eigenvalue weighted by atomic mass is 9.88. The SMILES string of the molecule is N[C@@H]1[C@H](C(=O)N2C[C@H]3CC(O)C[C@H]3C2)[C@@H]2C=C[C@H]1C2. The molecule has 3 aliphatic carbocycles. The van der Waals surface area contributed by atoms with Crippen molar-refractivity contribution in [1.82, 2.24) is 4.90 Å². The molecule has 19 heavy (non-hydrogen) atoms. The summed E-state index contributed by atoms with van der Waals surface area (Å²) in [6.45, 7) is 1.68. The third-order valence-corrected chi connectivity index (χ3v) is 5.84. The maximum atomic E-state index is 12.7. The summed E-state index contributed by atoms with van der Waals surface area (Å²) < 4.78 is 0. The molecule has 1 heterocycles. The monoisotopic (exact) mass is 262 g/mol. The van der Waals surface area contributed by atoms with E-state index in [2.05, 4.69) is 12.2 Å². The van der Waals surface area contributed by atoms with Crippen LogP contribution in [-0.2, 0) is 4.79 Å². The first-order valence-electron chi connectivity index (χ1n) is 7.54. The molecule has 0 spiro atoms. The van der Waals surface area contributed by atoms with E-state index >= 15 is 0 Å². The van der Waals surface area contributed by atoms with Crippen LogP contribution in [0.4, 0.5) is 0 Å². The van der Waals surface area contributed by atoms with Crippen LogP contribution in [-0.4, -0.2) is 41.1 Å². The standard InChI is InChI=1S/C15H22N2O2/c16-14-9-2-1-8(3-9)13(14)15(19)17-6-10-4-12(18)5-11(10)7-17/h1-2,8-14,18H,3-7,16H2/t8-,9+,10-,11+,12?,13-,14+/m1/s1. The normalized spacial score (nSPS) is 51.1. The molecule has 2 bridgehead atoms. The average molecular weight is 262 g/mol. The number of rotatable bonds is 1. The van der Waals surface area contributed by atoms with E-state index in [1.54, 1.807) is 0 Å². The van der Waals surface area contributed by atoms with E-state index in [1.807, 2.05) is 4.90 Å². The Labute approximate surface area is 113 Å². The van der Waals surface area contributed by atoms with Gasteiger partial charge in [0.1, 0.15) is 0 Å². The number of nitrogens with two attached hydrogens (primary N) is 1. The van der Waals surface area contributed by atoms with Gasteiger partial charge in [-0.05, 0) is 42.9 Å². The number of aliphatic hydroxyl groups is 1. The van der Waals surface area contributed by atoms with Crippen molar-refractivity contribution < 1.29 is 9.90 Å². The summed E-state index contributed by atoms with van der Waals surface area (Å²) in [4.78, 5) is 14.7. The Balaban J connectivity index is 1.47. The van der Waals surface area contributed by atoms with Gasteiger partial charge in [0.05, 0.1) is 12.0 Å². The van der Waals surface area contributed by atoms with Gasteiger partial charge in [0.2, 0.25) is 5.91 Å². The van der Waals surface area contributed by atoms with Crippen molar-refractivity contribution in [2.45, 2.75) is 31.4 Å². The highest BCUT2D eigenvalue weighted by molar-refractivity contribution is 5.81. The Bertz CT molecular complexity index is 422.